The number of amides is 1. The molecule has 2 aromatic rings. The molecule has 2 aliphatic rings. The molecule has 2 saturated heterocycles. The van der Waals surface area contributed by atoms with Crippen molar-refractivity contribution in [1.82, 2.24) is 5.32 Å². The van der Waals surface area contributed by atoms with Gasteiger partial charge in [-0.25, -0.2) is 13.4 Å². The molecule has 2 unspecified atom stereocenters. The Hall–Kier alpha value is -3.03. The van der Waals surface area contributed by atoms with E-state index in [-0.39, 0.29) is 34.9 Å². The maximum Gasteiger partial charge on any atom is 0.263 e. The van der Waals surface area contributed by atoms with Crippen molar-refractivity contribution >= 4 is 38.4 Å². The average molecular weight is 443 g/mol. The number of carbonyl (C=O) groups is 1. The van der Waals surface area contributed by atoms with E-state index in [0.717, 1.165) is 5.69 Å². The standard InChI is InChI=1S/C20H18N4O4S2/c21-9-14(19(25)22-11-16-7-4-8-28-16)10-23-20-24(15-5-2-1-3-6-15)17-12-30(26,27)13-18(17)29-20/h1-8,10,17-18H,11-13H2,(H,22,25). The van der Waals surface area contributed by atoms with Gasteiger partial charge < -0.3 is 14.6 Å². The number of fused-ring (bicyclic) bond motifs is 1. The number of furan rings is 1. The van der Waals surface area contributed by atoms with Gasteiger partial charge in [-0.1, -0.05) is 30.0 Å². The number of rotatable bonds is 5. The van der Waals surface area contributed by atoms with E-state index in [9.17, 15) is 18.5 Å². The lowest BCUT2D eigenvalue weighted by Crippen LogP contribution is -2.37. The lowest BCUT2D eigenvalue weighted by atomic mass is 10.2. The van der Waals surface area contributed by atoms with Gasteiger partial charge in [-0.3, -0.25) is 4.79 Å². The molecule has 0 saturated carbocycles. The molecular formula is C20H18N4O4S2. The van der Waals surface area contributed by atoms with Crippen LogP contribution < -0.4 is 10.2 Å². The molecule has 1 amide bonds. The fraction of sp³-hybridized carbons (Fsp3) is 0.250. The van der Waals surface area contributed by atoms with Gasteiger partial charge in [0.2, 0.25) is 0 Å². The van der Waals surface area contributed by atoms with Crippen molar-refractivity contribution in [3.05, 3.63) is 66.3 Å². The maximum absolute atomic E-state index is 12.3. The molecule has 3 heterocycles. The molecule has 8 nitrogen and oxygen atoms in total. The molecule has 1 aromatic carbocycles. The van der Waals surface area contributed by atoms with Crippen LogP contribution in [-0.4, -0.2) is 42.3 Å². The second-order valence-electron chi connectivity index (χ2n) is 6.83. The van der Waals surface area contributed by atoms with Gasteiger partial charge in [-0.2, -0.15) is 5.26 Å². The molecule has 2 atom stereocenters. The van der Waals surface area contributed by atoms with Gasteiger partial charge in [0.05, 0.1) is 36.6 Å². The Labute approximate surface area is 178 Å². The summed E-state index contributed by atoms with van der Waals surface area (Å²) >= 11 is 1.36. The number of benzene rings is 1. The minimum atomic E-state index is -3.11. The molecule has 0 bridgehead atoms. The van der Waals surface area contributed by atoms with Crippen LogP contribution in [0.3, 0.4) is 0 Å². The highest BCUT2D eigenvalue weighted by molar-refractivity contribution is 8.16. The predicted octanol–water partition coefficient (Wildman–Crippen LogP) is 2.08. The first-order valence-electron chi connectivity index (χ1n) is 9.17. The zero-order valence-electron chi connectivity index (χ0n) is 15.8. The zero-order valence-corrected chi connectivity index (χ0v) is 17.4. The lowest BCUT2D eigenvalue weighted by molar-refractivity contribution is -0.117. The van der Waals surface area contributed by atoms with E-state index in [1.54, 1.807) is 12.1 Å². The van der Waals surface area contributed by atoms with Crippen LogP contribution in [-0.2, 0) is 21.2 Å². The van der Waals surface area contributed by atoms with E-state index in [2.05, 4.69) is 10.3 Å². The second-order valence-corrected chi connectivity index (χ2v) is 10.2. The van der Waals surface area contributed by atoms with E-state index < -0.39 is 15.7 Å². The number of hydrogen-bond acceptors (Lipinski definition) is 7. The first kappa shape index (κ1) is 20.3. The Morgan fingerprint density at radius 2 is 2.10 bits per heavy atom. The van der Waals surface area contributed by atoms with Gasteiger partial charge in [-0.05, 0) is 24.3 Å². The molecule has 0 aliphatic carbocycles. The van der Waals surface area contributed by atoms with Crippen LogP contribution in [0.4, 0.5) is 5.69 Å². The normalized spacial score (nSPS) is 23.9. The van der Waals surface area contributed by atoms with Crippen LogP contribution in [0.15, 0.2) is 69.9 Å². The van der Waals surface area contributed by atoms with Gasteiger partial charge >= 0.3 is 0 Å². The summed E-state index contributed by atoms with van der Waals surface area (Å²) in [5.41, 5.74) is 0.676. The lowest BCUT2D eigenvalue weighted by Gasteiger charge is -2.24. The Morgan fingerprint density at radius 1 is 1.30 bits per heavy atom. The molecule has 2 aliphatic heterocycles. The third-order valence-corrected chi connectivity index (χ3v) is 8.00. The molecule has 0 spiro atoms. The Balaban J connectivity index is 1.57. The summed E-state index contributed by atoms with van der Waals surface area (Å²) in [5, 5.41) is 12.4. The van der Waals surface area contributed by atoms with Crippen molar-refractivity contribution in [2.24, 2.45) is 4.99 Å². The summed E-state index contributed by atoms with van der Waals surface area (Å²) in [6.07, 6.45) is 2.73. The van der Waals surface area contributed by atoms with Gasteiger partial charge in [0, 0.05) is 10.9 Å². The number of nitrogens with zero attached hydrogens (tertiary/aromatic N) is 3. The highest BCUT2D eigenvalue weighted by Crippen LogP contribution is 2.40. The first-order valence-corrected chi connectivity index (χ1v) is 11.9. The highest BCUT2D eigenvalue weighted by Gasteiger charge is 2.49. The monoisotopic (exact) mass is 442 g/mol. The van der Waals surface area contributed by atoms with Crippen LogP contribution in [0.1, 0.15) is 5.76 Å². The number of hydrogen-bond donors (Lipinski definition) is 1. The van der Waals surface area contributed by atoms with E-state index in [0.29, 0.717) is 10.9 Å². The van der Waals surface area contributed by atoms with Crippen molar-refractivity contribution in [3.63, 3.8) is 0 Å². The second kappa shape index (κ2) is 8.38. The number of carbonyl (C=O) groups excluding carboxylic acids is 1. The number of nitrogens with one attached hydrogen (secondary N) is 1. The van der Waals surface area contributed by atoms with E-state index in [1.807, 2.05) is 41.3 Å². The Morgan fingerprint density at radius 3 is 2.80 bits per heavy atom. The first-order chi connectivity index (χ1) is 14.5. The zero-order chi connectivity index (χ0) is 21.1. The van der Waals surface area contributed by atoms with Gasteiger partial charge in [-0.15, -0.1) is 0 Å². The van der Waals surface area contributed by atoms with Crippen LogP contribution >= 0.6 is 11.8 Å². The van der Waals surface area contributed by atoms with Gasteiger partial charge in [0.15, 0.2) is 15.0 Å². The molecule has 0 radical (unpaired) electrons. The van der Waals surface area contributed by atoms with Crippen LogP contribution in [0.25, 0.3) is 0 Å². The van der Waals surface area contributed by atoms with Crippen molar-refractivity contribution in [1.29, 1.82) is 5.26 Å². The fourth-order valence-electron chi connectivity index (χ4n) is 3.40. The van der Waals surface area contributed by atoms with Crippen molar-refractivity contribution in [2.75, 3.05) is 16.4 Å². The summed E-state index contributed by atoms with van der Waals surface area (Å²) in [6.45, 7) is 0.161. The number of aliphatic imine (C=N–C) groups is 1. The summed E-state index contributed by atoms with van der Waals surface area (Å²) in [7, 11) is -3.11. The molecule has 154 valence electrons. The van der Waals surface area contributed by atoms with Gasteiger partial charge in [0.25, 0.3) is 5.91 Å². The van der Waals surface area contributed by atoms with Crippen LogP contribution in [0, 0.1) is 11.3 Å². The molecule has 1 N–H and O–H groups in total. The minimum absolute atomic E-state index is 0.0526. The van der Waals surface area contributed by atoms with Crippen LogP contribution in [0.2, 0.25) is 0 Å². The Bertz CT molecular complexity index is 1140. The third-order valence-electron chi connectivity index (χ3n) is 4.77. The van der Waals surface area contributed by atoms with E-state index in [1.165, 1.54) is 24.2 Å². The number of anilines is 1. The van der Waals surface area contributed by atoms with Gasteiger partial charge in [0.1, 0.15) is 17.4 Å². The summed E-state index contributed by atoms with van der Waals surface area (Å²) < 4.78 is 29.4. The van der Waals surface area contributed by atoms with Crippen molar-refractivity contribution in [3.8, 4) is 6.07 Å². The number of para-hydroxylation sites is 1. The number of sulfone groups is 1. The molecule has 10 heteroatoms. The third kappa shape index (κ3) is 4.27. The van der Waals surface area contributed by atoms with Crippen molar-refractivity contribution in [2.45, 2.75) is 17.8 Å². The molecule has 2 fully saturated rings. The summed E-state index contributed by atoms with van der Waals surface area (Å²) in [6, 6.07) is 14.4. The molecule has 30 heavy (non-hydrogen) atoms. The minimum Gasteiger partial charge on any atom is -0.467 e. The quantitative estimate of drug-likeness (QED) is 0.557. The molecular weight excluding hydrogens is 424 g/mol. The number of thioether (sulfide) groups is 1. The molecule has 1 aromatic heterocycles. The fourth-order valence-corrected chi connectivity index (χ4v) is 7.29. The number of amidine groups is 1. The summed E-state index contributed by atoms with van der Waals surface area (Å²) in [4.78, 5) is 18.6. The maximum atomic E-state index is 12.3. The van der Waals surface area contributed by atoms with Crippen molar-refractivity contribution < 1.29 is 17.6 Å². The molecule has 4 rings (SSSR count). The van der Waals surface area contributed by atoms with Crippen LogP contribution in [0.5, 0.6) is 0 Å². The topological polar surface area (TPSA) is 116 Å². The van der Waals surface area contributed by atoms with E-state index in [4.69, 9.17) is 4.42 Å². The predicted molar refractivity (Wildman–Crippen MR) is 114 cm³/mol. The largest absolute Gasteiger partial charge is 0.467 e. The van der Waals surface area contributed by atoms with E-state index >= 15 is 0 Å². The average Bonchev–Trinajstić information content (AvgIpc) is 3.42. The SMILES string of the molecule is N#CC(=CN=C1SC2CS(=O)(=O)CC2N1c1ccccc1)C(=O)NCc1ccco1. The Kier molecular flexibility index (Phi) is 5.65. The smallest absolute Gasteiger partial charge is 0.263 e. The highest BCUT2D eigenvalue weighted by atomic mass is 32.2. The number of nitriles is 1. The summed E-state index contributed by atoms with van der Waals surface area (Å²) in [5.74, 6) is 0.151.